The first-order valence-electron chi connectivity index (χ1n) is 5.39. The van der Waals surface area contributed by atoms with Gasteiger partial charge in [0.15, 0.2) is 0 Å². The maximum atomic E-state index is 5.81. The molecule has 3 heteroatoms. The van der Waals surface area contributed by atoms with E-state index in [9.17, 15) is 0 Å². The van der Waals surface area contributed by atoms with Gasteiger partial charge in [0.05, 0.1) is 7.11 Å². The van der Waals surface area contributed by atoms with Crippen LogP contribution in [0.15, 0.2) is 36.7 Å². The van der Waals surface area contributed by atoms with Crippen LogP contribution in [0.2, 0.25) is 0 Å². The molecule has 2 nitrogen and oxygen atoms in total. The molecule has 0 N–H and O–H groups in total. The monoisotopic (exact) mass is 247 g/mol. The van der Waals surface area contributed by atoms with Crippen LogP contribution >= 0.6 is 11.6 Å². The summed E-state index contributed by atoms with van der Waals surface area (Å²) in [5, 5.41) is 0. The molecule has 0 aliphatic carbocycles. The van der Waals surface area contributed by atoms with E-state index >= 15 is 0 Å². The predicted molar refractivity (Wildman–Crippen MR) is 70.5 cm³/mol. The lowest BCUT2D eigenvalue weighted by Crippen LogP contribution is -1.90. The number of alkyl halides is 1. The van der Waals surface area contributed by atoms with E-state index in [-0.39, 0.29) is 0 Å². The molecule has 0 radical (unpaired) electrons. The van der Waals surface area contributed by atoms with Crippen molar-refractivity contribution in [1.29, 1.82) is 0 Å². The van der Waals surface area contributed by atoms with Gasteiger partial charge in [-0.3, -0.25) is 4.98 Å². The Morgan fingerprint density at radius 1 is 1.24 bits per heavy atom. The average Bonchev–Trinajstić information content (AvgIpc) is 2.38. The number of halogens is 1. The highest BCUT2D eigenvalue weighted by atomic mass is 35.5. The molecule has 2 rings (SSSR count). The number of nitrogens with zero attached hydrogens (tertiary/aromatic N) is 1. The number of hydrogen-bond donors (Lipinski definition) is 0. The molecule has 0 unspecified atom stereocenters. The SMILES string of the molecule is COc1cc(C)ccc1-c1cncc(CCl)c1. The minimum absolute atomic E-state index is 0.467. The summed E-state index contributed by atoms with van der Waals surface area (Å²) < 4.78 is 5.39. The van der Waals surface area contributed by atoms with E-state index in [1.54, 1.807) is 13.3 Å². The Morgan fingerprint density at radius 2 is 2.06 bits per heavy atom. The summed E-state index contributed by atoms with van der Waals surface area (Å²) in [4.78, 5) is 4.19. The summed E-state index contributed by atoms with van der Waals surface area (Å²) in [7, 11) is 1.68. The number of ether oxygens (including phenoxy) is 1. The molecule has 0 aliphatic heterocycles. The average molecular weight is 248 g/mol. The molecule has 0 bridgehead atoms. The molecule has 0 spiro atoms. The molecule has 1 aromatic heterocycles. The molecular weight excluding hydrogens is 234 g/mol. The van der Waals surface area contributed by atoms with E-state index in [1.165, 1.54) is 5.56 Å². The van der Waals surface area contributed by atoms with Gasteiger partial charge in [-0.05, 0) is 30.2 Å². The van der Waals surface area contributed by atoms with Crippen molar-refractivity contribution in [3.63, 3.8) is 0 Å². The Labute approximate surface area is 106 Å². The van der Waals surface area contributed by atoms with Crippen LogP contribution in [0.3, 0.4) is 0 Å². The number of aromatic nitrogens is 1. The van der Waals surface area contributed by atoms with Crippen molar-refractivity contribution in [3.8, 4) is 16.9 Å². The first-order chi connectivity index (χ1) is 8.24. The minimum atomic E-state index is 0.467. The van der Waals surface area contributed by atoms with Gasteiger partial charge in [-0.25, -0.2) is 0 Å². The third kappa shape index (κ3) is 2.59. The van der Waals surface area contributed by atoms with Crippen molar-refractivity contribution in [2.45, 2.75) is 12.8 Å². The quantitative estimate of drug-likeness (QED) is 0.770. The van der Waals surface area contributed by atoms with Crippen LogP contribution in [0, 0.1) is 6.92 Å². The number of benzene rings is 1. The zero-order chi connectivity index (χ0) is 12.3. The topological polar surface area (TPSA) is 22.1 Å². The maximum absolute atomic E-state index is 5.81. The largest absolute Gasteiger partial charge is 0.496 e. The third-order valence-electron chi connectivity index (χ3n) is 2.62. The van der Waals surface area contributed by atoms with Crippen LogP contribution in [0.25, 0.3) is 11.1 Å². The fraction of sp³-hybridized carbons (Fsp3) is 0.214. The molecule has 0 fully saturated rings. The zero-order valence-corrected chi connectivity index (χ0v) is 10.7. The highest BCUT2D eigenvalue weighted by Gasteiger charge is 2.06. The second kappa shape index (κ2) is 5.19. The molecule has 1 aromatic carbocycles. The van der Waals surface area contributed by atoms with Gasteiger partial charge in [-0.2, -0.15) is 0 Å². The highest BCUT2D eigenvalue weighted by molar-refractivity contribution is 6.17. The Morgan fingerprint density at radius 3 is 2.76 bits per heavy atom. The fourth-order valence-electron chi connectivity index (χ4n) is 1.74. The van der Waals surface area contributed by atoms with Gasteiger partial charge in [0.1, 0.15) is 5.75 Å². The molecule has 0 saturated heterocycles. The number of aryl methyl sites for hydroxylation is 1. The molecule has 0 saturated carbocycles. The highest BCUT2D eigenvalue weighted by Crippen LogP contribution is 2.30. The first-order valence-corrected chi connectivity index (χ1v) is 5.93. The van der Waals surface area contributed by atoms with E-state index in [0.29, 0.717) is 5.88 Å². The number of methoxy groups -OCH3 is 1. The summed E-state index contributed by atoms with van der Waals surface area (Å²) in [5.41, 5.74) is 4.25. The van der Waals surface area contributed by atoms with E-state index in [2.05, 4.69) is 11.1 Å². The van der Waals surface area contributed by atoms with Crippen LogP contribution < -0.4 is 4.74 Å². The summed E-state index contributed by atoms with van der Waals surface area (Å²) >= 11 is 5.81. The number of rotatable bonds is 3. The molecule has 1 heterocycles. The molecule has 0 amide bonds. The standard InChI is InChI=1S/C14H14ClNO/c1-10-3-4-13(14(5-10)17-2)12-6-11(7-15)8-16-9-12/h3-6,8-9H,7H2,1-2H3. The van der Waals surface area contributed by atoms with E-state index < -0.39 is 0 Å². The first kappa shape index (κ1) is 11.9. The molecule has 2 aromatic rings. The predicted octanol–water partition coefficient (Wildman–Crippen LogP) is 3.80. The van der Waals surface area contributed by atoms with Crippen molar-refractivity contribution in [2.75, 3.05) is 7.11 Å². The second-order valence-electron chi connectivity index (χ2n) is 3.92. The van der Waals surface area contributed by atoms with Crippen molar-refractivity contribution < 1.29 is 4.74 Å². The van der Waals surface area contributed by atoms with E-state index in [0.717, 1.165) is 22.4 Å². The summed E-state index contributed by atoms with van der Waals surface area (Å²) in [6.07, 6.45) is 3.60. The van der Waals surface area contributed by atoms with Crippen molar-refractivity contribution in [3.05, 3.63) is 47.8 Å². The third-order valence-corrected chi connectivity index (χ3v) is 2.93. The molecule has 0 aliphatic rings. The Balaban J connectivity index is 2.51. The van der Waals surface area contributed by atoms with E-state index in [1.807, 2.05) is 31.3 Å². The normalized spacial score (nSPS) is 10.3. The Kier molecular flexibility index (Phi) is 3.64. The molecule has 17 heavy (non-hydrogen) atoms. The van der Waals surface area contributed by atoms with Crippen LogP contribution in [-0.4, -0.2) is 12.1 Å². The smallest absolute Gasteiger partial charge is 0.127 e. The lowest BCUT2D eigenvalue weighted by atomic mass is 10.0. The van der Waals surface area contributed by atoms with Crippen molar-refractivity contribution in [2.24, 2.45) is 0 Å². The Bertz CT molecular complexity index is 525. The zero-order valence-electron chi connectivity index (χ0n) is 9.90. The molecule has 88 valence electrons. The number of pyridine rings is 1. The number of hydrogen-bond acceptors (Lipinski definition) is 2. The Hall–Kier alpha value is -1.54. The summed E-state index contributed by atoms with van der Waals surface area (Å²) in [5.74, 6) is 1.33. The van der Waals surface area contributed by atoms with Gasteiger partial charge in [-0.15, -0.1) is 11.6 Å². The van der Waals surface area contributed by atoms with E-state index in [4.69, 9.17) is 16.3 Å². The van der Waals surface area contributed by atoms with Gasteiger partial charge < -0.3 is 4.74 Å². The van der Waals surface area contributed by atoms with Crippen molar-refractivity contribution in [1.82, 2.24) is 4.98 Å². The van der Waals surface area contributed by atoms with Gasteiger partial charge in [0, 0.05) is 29.4 Å². The lowest BCUT2D eigenvalue weighted by molar-refractivity contribution is 0.416. The van der Waals surface area contributed by atoms with Crippen molar-refractivity contribution >= 4 is 11.6 Å². The van der Waals surface area contributed by atoms with Crippen LogP contribution in [-0.2, 0) is 5.88 Å². The van der Waals surface area contributed by atoms with Gasteiger partial charge >= 0.3 is 0 Å². The summed E-state index contributed by atoms with van der Waals surface area (Å²) in [6, 6.07) is 8.16. The summed E-state index contributed by atoms with van der Waals surface area (Å²) in [6.45, 7) is 2.04. The van der Waals surface area contributed by atoms with Crippen LogP contribution in [0.1, 0.15) is 11.1 Å². The molecular formula is C14H14ClNO. The lowest BCUT2D eigenvalue weighted by Gasteiger charge is -2.10. The van der Waals surface area contributed by atoms with Gasteiger partial charge in [0.2, 0.25) is 0 Å². The minimum Gasteiger partial charge on any atom is -0.496 e. The fourth-order valence-corrected chi connectivity index (χ4v) is 1.89. The van der Waals surface area contributed by atoms with Gasteiger partial charge in [-0.1, -0.05) is 12.1 Å². The maximum Gasteiger partial charge on any atom is 0.127 e. The van der Waals surface area contributed by atoms with Crippen LogP contribution in [0.5, 0.6) is 5.75 Å². The molecule has 0 atom stereocenters. The van der Waals surface area contributed by atoms with Gasteiger partial charge in [0.25, 0.3) is 0 Å². The van der Waals surface area contributed by atoms with Crippen LogP contribution in [0.4, 0.5) is 0 Å². The second-order valence-corrected chi connectivity index (χ2v) is 4.19.